The van der Waals surface area contributed by atoms with E-state index in [4.69, 9.17) is 5.10 Å². The molecule has 3 atom stereocenters. The molecule has 0 amide bonds. The lowest BCUT2D eigenvalue weighted by Gasteiger charge is -2.43. The van der Waals surface area contributed by atoms with Crippen LogP contribution in [0.25, 0.3) is 0 Å². The number of nitrogens with zero attached hydrogens (tertiary/aromatic N) is 2. The van der Waals surface area contributed by atoms with Gasteiger partial charge in [-0.25, -0.2) is 0 Å². The molecule has 3 aliphatic rings. The maximum Gasteiger partial charge on any atom is 0.0770 e. The summed E-state index contributed by atoms with van der Waals surface area (Å²) < 4.78 is 0. The first-order valence-corrected chi connectivity index (χ1v) is 10.5. The van der Waals surface area contributed by atoms with E-state index in [1.807, 2.05) is 0 Å². The molecule has 140 valence electrons. The number of nitrogens with one attached hydrogen (secondary N) is 1. The van der Waals surface area contributed by atoms with E-state index in [0.29, 0.717) is 12.0 Å². The van der Waals surface area contributed by atoms with E-state index < -0.39 is 0 Å². The van der Waals surface area contributed by atoms with Gasteiger partial charge in [0.2, 0.25) is 0 Å². The van der Waals surface area contributed by atoms with Gasteiger partial charge in [0.1, 0.15) is 0 Å². The molecule has 2 heterocycles. The van der Waals surface area contributed by atoms with E-state index in [1.54, 1.807) is 0 Å². The molecule has 1 aliphatic carbocycles. The second-order valence-corrected chi connectivity index (χ2v) is 8.44. The van der Waals surface area contributed by atoms with Gasteiger partial charge < -0.3 is 10.3 Å². The molecular formula is C24H29N3. The monoisotopic (exact) mass is 359 g/mol. The van der Waals surface area contributed by atoms with Crippen LogP contribution in [0, 0.1) is 5.92 Å². The summed E-state index contributed by atoms with van der Waals surface area (Å²) in [6.45, 7) is 3.60. The highest BCUT2D eigenvalue weighted by Crippen LogP contribution is 2.47. The lowest BCUT2D eigenvalue weighted by molar-refractivity contribution is 0.254. The summed E-state index contributed by atoms with van der Waals surface area (Å²) >= 11 is 0. The molecule has 2 aromatic rings. The lowest BCUT2D eigenvalue weighted by atomic mass is 9.62. The third-order valence-corrected chi connectivity index (χ3v) is 6.86. The molecule has 1 saturated carbocycles. The summed E-state index contributed by atoms with van der Waals surface area (Å²) in [4.78, 5) is 2.67. The molecule has 1 saturated heterocycles. The van der Waals surface area contributed by atoms with Gasteiger partial charge >= 0.3 is 0 Å². The fraction of sp³-hybridized carbons (Fsp3) is 0.458. The Kier molecular flexibility index (Phi) is 4.48. The van der Waals surface area contributed by atoms with Crippen molar-refractivity contribution in [3.63, 3.8) is 0 Å². The third kappa shape index (κ3) is 2.98. The molecule has 5 rings (SSSR count). The summed E-state index contributed by atoms with van der Waals surface area (Å²) in [6, 6.07) is 22.4. The molecule has 1 N–H and O–H groups in total. The van der Waals surface area contributed by atoms with Crippen molar-refractivity contribution in [2.45, 2.75) is 43.6 Å². The fourth-order valence-electron chi connectivity index (χ4n) is 5.58. The zero-order valence-corrected chi connectivity index (χ0v) is 16.0. The van der Waals surface area contributed by atoms with Crippen molar-refractivity contribution in [1.29, 1.82) is 0 Å². The molecule has 3 heteroatoms. The Hall–Kier alpha value is -2.13. The van der Waals surface area contributed by atoms with Gasteiger partial charge in [-0.2, -0.15) is 5.10 Å². The topological polar surface area (TPSA) is 27.6 Å². The van der Waals surface area contributed by atoms with Crippen LogP contribution in [-0.2, 0) is 5.41 Å². The van der Waals surface area contributed by atoms with Crippen LogP contribution in [0.3, 0.4) is 0 Å². The Bertz CT molecular complexity index is 795. The summed E-state index contributed by atoms with van der Waals surface area (Å²) in [7, 11) is 0. The van der Waals surface area contributed by atoms with E-state index in [9.17, 15) is 0 Å². The lowest BCUT2D eigenvalue weighted by Crippen LogP contribution is -2.50. The Morgan fingerprint density at radius 2 is 1.63 bits per heavy atom. The summed E-state index contributed by atoms with van der Waals surface area (Å²) in [5.74, 6) is 0.504. The van der Waals surface area contributed by atoms with Gasteiger partial charge in [-0.15, -0.1) is 0 Å². The zero-order chi connectivity index (χ0) is 18.1. The van der Waals surface area contributed by atoms with Crippen LogP contribution in [0.4, 0.5) is 0 Å². The minimum atomic E-state index is 0.0606. The number of rotatable bonds is 4. The molecule has 27 heavy (non-hydrogen) atoms. The normalized spacial score (nSPS) is 30.6. The quantitative estimate of drug-likeness (QED) is 0.869. The van der Waals surface area contributed by atoms with Crippen LogP contribution in [0.1, 0.15) is 49.3 Å². The molecular weight excluding hydrogens is 330 g/mol. The molecule has 2 fully saturated rings. The highest BCUT2D eigenvalue weighted by molar-refractivity contribution is 5.99. The Labute approximate surface area is 162 Å². The first kappa shape index (κ1) is 17.0. The van der Waals surface area contributed by atoms with E-state index >= 15 is 0 Å². The molecule has 3 unspecified atom stereocenters. The van der Waals surface area contributed by atoms with Crippen LogP contribution >= 0.6 is 0 Å². The number of likely N-dealkylation sites (tertiary alicyclic amines) is 1. The second-order valence-electron chi connectivity index (χ2n) is 8.44. The van der Waals surface area contributed by atoms with Crippen LogP contribution < -0.4 is 5.43 Å². The molecule has 0 aromatic heterocycles. The number of benzene rings is 2. The van der Waals surface area contributed by atoms with Crippen molar-refractivity contribution >= 4 is 5.71 Å². The minimum Gasteiger partial charge on any atom is -0.302 e. The molecule has 3 nitrogen and oxygen atoms in total. The maximum atomic E-state index is 5.03. The predicted molar refractivity (Wildman–Crippen MR) is 111 cm³/mol. The van der Waals surface area contributed by atoms with E-state index in [-0.39, 0.29) is 5.41 Å². The number of hydrazone groups is 1. The fourth-order valence-corrected chi connectivity index (χ4v) is 5.58. The Morgan fingerprint density at radius 1 is 0.926 bits per heavy atom. The molecule has 2 aliphatic heterocycles. The third-order valence-electron chi connectivity index (χ3n) is 6.86. The smallest absolute Gasteiger partial charge is 0.0770 e. The van der Waals surface area contributed by atoms with E-state index in [1.165, 1.54) is 62.0 Å². The van der Waals surface area contributed by atoms with E-state index in [2.05, 4.69) is 71.0 Å². The molecule has 2 aromatic carbocycles. The number of fused-ring (bicyclic) bond motifs is 1. The van der Waals surface area contributed by atoms with Crippen LogP contribution in [0.2, 0.25) is 0 Å². The Balaban J connectivity index is 1.53. The van der Waals surface area contributed by atoms with Crippen LogP contribution in [-0.4, -0.2) is 30.2 Å². The van der Waals surface area contributed by atoms with Crippen molar-refractivity contribution in [1.82, 2.24) is 10.3 Å². The average molecular weight is 360 g/mol. The summed E-state index contributed by atoms with van der Waals surface area (Å²) in [5, 5.41) is 5.03. The first-order valence-electron chi connectivity index (χ1n) is 10.5. The number of hydrogen-bond donors (Lipinski definition) is 1. The standard InChI is InChI=1S/C24H29N3/c1-3-10-19(11-4-1)22-21-14-9-15-24(23(21)26-25-22,18-27-16-7-8-17-27)20-12-5-2-6-13-20/h1-6,10-13,21-22,25H,7-9,14-18H2. The summed E-state index contributed by atoms with van der Waals surface area (Å²) in [6.07, 6.45) is 6.40. The zero-order valence-electron chi connectivity index (χ0n) is 16.0. The average Bonchev–Trinajstić information content (AvgIpc) is 3.40. The SMILES string of the molecule is c1ccc(C2NN=C3C2CCCC3(CN2CCCC2)c2ccccc2)cc1. The molecule has 0 bridgehead atoms. The largest absolute Gasteiger partial charge is 0.302 e. The van der Waals surface area contributed by atoms with Crippen LogP contribution in [0.5, 0.6) is 0 Å². The van der Waals surface area contributed by atoms with Gasteiger partial charge in [0, 0.05) is 17.9 Å². The minimum absolute atomic E-state index is 0.0606. The predicted octanol–water partition coefficient (Wildman–Crippen LogP) is 4.52. The van der Waals surface area contributed by atoms with Gasteiger partial charge in [0.15, 0.2) is 0 Å². The van der Waals surface area contributed by atoms with Gasteiger partial charge in [0.25, 0.3) is 0 Å². The van der Waals surface area contributed by atoms with Crippen molar-refractivity contribution in [2.75, 3.05) is 19.6 Å². The van der Waals surface area contributed by atoms with Gasteiger partial charge in [-0.05, 0) is 49.9 Å². The molecule has 0 spiro atoms. The Morgan fingerprint density at radius 3 is 2.37 bits per heavy atom. The van der Waals surface area contributed by atoms with Crippen LogP contribution in [0.15, 0.2) is 65.8 Å². The van der Waals surface area contributed by atoms with Gasteiger partial charge in [0.05, 0.1) is 11.8 Å². The second kappa shape index (κ2) is 7.12. The van der Waals surface area contributed by atoms with Crippen molar-refractivity contribution < 1.29 is 0 Å². The van der Waals surface area contributed by atoms with Crippen molar-refractivity contribution in [2.24, 2.45) is 11.0 Å². The number of hydrogen-bond acceptors (Lipinski definition) is 3. The van der Waals surface area contributed by atoms with E-state index in [0.717, 1.165) is 6.54 Å². The highest BCUT2D eigenvalue weighted by atomic mass is 15.3. The maximum absolute atomic E-state index is 5.03. The van der Waals surface area contributed by atoms with Crippen molar-refractivity contribution in [3.8, 4) is 0 Å². The van der Waals surface area contributed by atoms with Crippen molar-refractivity contribution in [3.05, 3.63) is 71.8 Å². The van der Waals surface area contributed by atoms with Gasteiger partial charge in [-0.3, -0.25) is 0 Å². The first-order chi connectivity index (χ1) is 13.4. The molecule has 0 radical (unpaired) electrons. The van der Waals surface area contributed by atoms with Gasteiger partial charge in [-0.1, -0.05) is 67.1 Å². The summed E-state index contributed by atoms with van der Waals surface area (Å²) in [5.41, 5.74) is 7.82. The highest BCUT2D eigenvalue weighted by Gasteiger charge is 2.50.